The molecule has 0 saturated heterocycles. The van der Waals surface area contributed by atoms with Crippen molar-refractivity contribution >= 4 is 27.9 Å². The Morgan fingerprint density at radius 1 is 1.17 bits per heavy atom. The van der Waals surface area contributed by atoms with Crippen LogP contribution in [-0.4, -0.2) is 20.9 Å². The highest BCUT2D eigenvalue weighted by Gasteiger charge is 2.10. The average Bonchev–Trinajstić information content (AvgIpc) is 2.56. The highest BCUT2D eigenvalue weighted by molar-refractivity contribution is 7.80. The maximum atomic E-state index is 14.1. The molecule has 0 aliphatic rings. The molecule has 1 heterocycles. The van der Waals surface area contributed by atoms with Crippen LogP contribution in [0.25, 0.3) is 10.9 Å². The molecular weight excluding hydrogens is 335 g/mol. The first-order valence-electron chi connectivity index (χ1n) is 6.83. The molecular formula is C16H12FN2O4S-. The Labute approximate surface area is 139 Å². The van der Waals surface area contributed by atoms with Crippen LogP contribution in [0, 0.1) is 5.82 Å². The van der Waals surface area contributed by atoms with Crippen LogP contribution in [0.1, 0.15) is 0 Å². The van der Waals surface area contributed by atoms with Crippen LogP contribution in [0.3, 0.4) is 0 Å². The Morgan fingerprint density at radius 2 is 2.00 bits per heavy atom. The molecule has 0 amide bonds. The Bertz CT molecular complexity index is 920. The Morgan fingerprint density at radius 3 is 2.71 bits per heavy atom. The van der Waals surface area contributed by atoms with Gasteiger partial charge in [0, 0.05) is 40.7 Å². The quantitative estimate of drug-likeness (QED) is 0.715. The van der Waals surface area contributed by atoms with E-state index in [0.29, 0.717) is 22.4 Å². The van der Waals surface area contributed by atoms with Crippen LogP contribution < -0.4 is 14.2 Å². The van der Waals surface area contributed by atoms with E-state index in [1.165, 1.54) is 12.1 Å². The summed E-state index contributed by atoms with van der Waals surface area (Å²) in [5.74, 6) is 0.360. The minimum absolute atomic E-state index is 0.0273. The lowest BCUT2D eigenvalue weighted by molar-refractivity contribution is 0.415. The lowest BCUT2D eigenvalue weighted by atomic mass is 10.2. The van der Waals surface area contributed by atoms with E-state index in [0.717, 1.165) is 6.07 Å². The van der Waals surface area contributed by atoms with Crippen LogP contribution in [0.15, 0.2) is 48.7 Å². The number of aromatic nitrogens is 1. The number of hydrogen-bond donors (Lipinski definition) is 1. The SMILES string of the molecule is COc1ccc2c(Oc3ccc(NS(=O)[O-])cc3F)ccnc2c1. The normalized spacial score (nSPS) is 12.0. The summed E-state index contributed by atoms with van der Waals surface area (Å²) in [6.07, 6.45) is 1.55. The number of pyridine rings is 1. The van der Waals surface area contributed by atoms with Crippen LogP contribution >= 0.6 is 0 Å². The van der Waals surface area contributed by atoms with Gasteiger partial charge in [-0.2, -0.15) is 0 Å². The van der Waals surface area contributed by atoms with Crippen molar-refractivity contribution in [1.82, 2.24) is 4.98 Å². The number of hydrogen-bond acceptors (Lipinski definition) is 5. The number of methoxy groups -OCH3 is 1. The number of rotatable bonds is 5. The second kappa shape index (κ2) is 6.81. The molecule has 8 heteroatoms. The Kier molecular flexibility index (Phi) is 4.59. The van der Waals surface area contributed by atoms with Crippen molar-refractivity contribution in [2.45, 2.75) is 0 Å². The first-order valence-corrected chi connectivity index (χ1v) is 7.90. The molecule has 6 nitrogen and oxygen atoms in total. The maximum absolute atomic E-state index is 14.1. The zero-order valence-corrected chi connectivity index (χ0v) is 13.3. The number of ether oxygens (including phenoxy) is 2. The summed E-state index contributed by atoms with van der Waals surface area (Å²) < 4.78 is 48.1. The molecule has 0 spiro atoms. The van der Waals surface area contributed by atoms with Gasteiger partial charge < -0.3 is 18.7 Å². The maximum Gasteiger partial charge on any atom is 0.167 e. The Balaban J connectivity index is 1.93. The van der Waals surface area contributed by atoms with Crippen molar-refractivity contribution in [2.75, 3.05) is 11.8 Å². The van der Waals surface area contributed by atoms with E-state index in [-0.39, 0.29) is 11.4 Å². The third-order valence-electron chi connectivity index (χ3n) is 3.26. The smallest absolute Gasteiger partial charge is 0.167 e. The number of nitrogens with one attached hydrogen (secondary N) is 1. The van der Waals surface area contributed by atoms with E-state index in [4.69, 9.17) is 9.47 Å². The average molecular weight is 347 g/mol. The molecule has 24 heavy (non-hydrogen) atoms. The van der Waals surface area contributed by atoms with Crippen LogP contribution in [0.2, 0.25) is 0 Å². The largest absolute Gasteiger partial charge is 0.755 e. The molecule has 0 saturated carbocycles. The fraction of sp³-hybridized carbons (Fsp3) is 0.0625. The predicted molar refractivity (Wildman–Crippen MR) is 87.3 cm³/mol. The minimum Gasteiger partial charge on any atom is -0.755 e. The van der Waals surface area contributed by atoms with Crippen LogP contribution in [0.5, 0.6) is 17.2 Å². The van der Waals surface area contributed by atoms with E-state index in [2.05, 4.69) is 9.71 Å². The van der Waals surface area contributed by atoms with E-state index >= 15 is 0 Å². The molecule has 1 aromatic heterocycles. The van der Waals surface area contributed by atoms with Gasteiger partial charge in [0.15, 0.2) is 11.6 Å². The zero-order valence-electron chi connectivity index (χ0n) is 12.5. The lowest BCUT2D eigenvalue weighted by Crippen LogP contribution is -2.02. The second-order valence-electron chi connectivity index (χ2n) is 4.78. The van der Waals surface area contributed by atoms with Gasteiger partial charge in [0.2, 0.25) is 0 Å². The molecule has 1 atom stereocenters. The van der Waals surface area contributed by atoms with E-state index in [1.807, 2.05) is 0 Å². The van der Waals surface area contributed by atoms with Gasteiger partial charge >= 0.3 is 0 Å². The summed E-state index contributed by atoms with van der Waals surface area (Å²) in [5, 5.41) is 0.695. The molecule has 1 N–H and O–H groups in total. The fourth-order valence-corrected chi connectivity index (χ4v) is 2.50. The summed E-state index contributed by atoms with van der Waals surface area (Å²) in [7, 11) is 1.56. The molecule has 0 bridgehead atoms. The molecule has 3 rings (SSSR count). The van der Waals surface area contributed by atoms with Crippen LogP contribution in [0.4, 0.5) is 10.1 Å². The van der Waals surface area contributed by atoms with Gasteiger partial charge in [0.1, 0.15) is 11.5 Å². The number of fused-ring (bicyclic) bond motifs is 1. The third-order valence-corrected chi connectivity index (χ3v) is 3.67. The first kappa shape index (κ1) is 16.2. The van der Waals surface area contributed by atoms with Gasteiger partial charge in [-0.25, -0.2) is 4.39 Å². The van der Waals surface area contributed by atoms with Crippen molar-refractivity contribution < 1.29 is 22.6 Å². The van der Waals surface area contributed by atoms with Gasteiger partial charge in [-0.05, 0) is 30.3 Å². The Hall–Kier alpha value is -2.71. The zero-order chi connectivity index (χ0) is 17.1. The second-order valence-corrected chi connectivity index (χ2v) is 5.45. The minimum atomic E-state index is -2.52. The predicted octanol–water partition coefficient (Wildman–Crippen LogP) is 3.38. The summed E-state index contributed by atoms with van der Waals surface area (Å²) in [6.45, 7) is 0. The van der Waals surface area contributed by atoms with Crippen molar-refractivity contribution in [3.8, 4) is 17.2 Å². The van der Waals surface area contributed by atoms with Gasteiger partial charge in [0.05, 0.1) is 12.6 Å². The molecule has 124 valence electrons. The number of halogens is 1. The molecule has 1 unspecified atom stereocenters. The number of nitrogens with zero attached hydrogens (tertiary/aromatic N) is 1. The lowest BCUT2D eigenvalue weighted by Gasteiger charge is -2.12. The van der Waals surface area contributed by atoms with Crippen LogP contribution in [-0.2, 0) is 11.3 Å². The topological polar surface area (TPSA) is 83.5 Å². The summed E-state index contributed by atoms with van der Waals surface area (Å²) in [5.41, 5.74) is 0.754. The summed E-state index contributed by atoms with van der Waals surface area (Å²) in [6, 6.07) is 10.7. The molecule has 0 fully saturated rings. The standard InChI is InChI=1S/C16H13FN2O4S/c1-22-11-3-4-12-14(9-11)18-7-6-15(12)23-16-5-2-10(8-13(16)17)19-24(20)21/h2-9,19H,1H3,(H,20,21)/p-1. The molecule has 0 radical (unpaired) electrons. The third kappa shape index (κ3) is 3.44. The van der Waals surface area contributed by atoms with Crippen molar-refractivity contribution in [3.63, 3.8) is 0 Å². The highest BCUT2D eigenvalue weighted by atomic mass is 32.2. The highest BCUT2D eigenvalue weighted by Crippen LogP contribution is 2.32. The molecule has 3 aromatic rings. The van der Waals surface area contributed by atoms with Gasteiger partial charge in [-0.15, -0.1) is 0 Å². The number of anilines is 1. The summed E-state index contributed by atoms with van der Waals surface area (Å²) >= 11 is -2.52. The van der Waals surface area contributed by atoms with E-state index < -0.39 is 17.1 Å². The van der Waals surface area contributed by atoms with Gasteiger partial charge in [-0.1, -0.05) is 0 Å². The van der Waals surface area contributed by atoms with E-state index in [1.54, 1.807) is 37.6 Å². The number of benzene rings is 2. The summed E-state index contributed by atoms with van der Waals surface area (Å²) in [4.78, 5) is 4.23. The van der Waals surface area contributed by atoms with E-state index in [9.17, 15) is 13.2 Å². The van der Waals surface area contributed by atoms with Crippen molar-refractivity contribution in [1.29, 1.82) is 0 Å². The van der Waals surface area contributed by atoms with Crippen molar-refractivity contribution in [2.24, 2.45) is 0 Å². The molecule has 2 aromatic carbocycles. The fourth-order valence-electron chi connectivity index (χ4n) is 2.18. The van der Waals surface area contributed by atoms with Crippen molar-refractivity contribution in [3.05, 3.63) is 54.5 Å². The molecule has 0 aliphatic heterocycles. The molecule has 0 aliphatic carbocycles. The van der Waals surface area contributed by atoms with Gasteiger partial charge in [0.25, 0.3) is 0 Å². The van der Waals surface area contributed by atoms with Gasteiger partial charge in [-0.3, -0.25) is 9.19 Å². The first-order chi connectivity index (χ1) is 11.6. The monoisotopic (exact) mass is 347 g/mol.